The molecule has 0 fully saturated rings. The second-order valence-corrected chi connectivity index (χ2v) is 2.42. The van der Waals surface area contributed by atoms with Crippen LogP contribution in [0.3, 0.4) is 0 Å². The fraction of sp³-hybridized carbons (Fsp3) is 0.222. The molecule has 1 aromatic heterocycles. The zero-order valence-electron chi connectivity index (χ0n) is 7.23. The zero-order chi connectivity index (χ0) is 9.52. The van der Waals surface area contributed by atoms with E-state index in [1.807, 2.05) is 0 Å². The van der Waals surface area contributed by atoms with Gasteiger partial charge in [-0.2, -0.15) is 0 Å². The minimum absolute atomic E-state index is 0.177. The number of hydrogen-bond donors (Lipinski definition) is 1. The Bertz CT molecular complexity index is 284. The molecule has 1 amide bonds. The van der Waals surface area contributed by atoms with Gasteiger partial charge in [-0.25, -0.2) is 0 Å². The van der Waals surface area contributed by atoms with Crippen LogP contribution < -0.4 is 5.32 Å². The molecule has 0 saturated carbocycles. The first-order valence-corrected chi connectivity index (χ1v) is 3.96. The normalized spacial score (nSPS) is 9.23. The summed E-state index contributed by atoms with van der Waals surface area (Å²) in [6.45, 7) is 4.34. The van der Waals surface area contributed by atoms with Crippen molar-refractivity contribution in [1.82, 2.24) is 10.3 Å². The molecule has 0 spiro atoms. The van der Waals surface area contributed by atoms with E-state index >= 15 is 0 Å². The van der Waals surface area contributed by atoms with Gasteiger partial charge in [0.2, 0.25) is 0 Å². The van der Waals surface area contributed by atoms with Gasteiger partial charge in [-0.3, -0.25) is 14.8 Å². The third kappa shape index (κ3) is 3.02. The van der Waals surface area contributed by atoms with E-state index in [1.54, 1.807) is 24.4 Å². The molecule has 0 aliphatic carbocycles. The molecule has 4 heteroatoms. The van der Waals surface area contributed by atoms with Crippen molar-refractivity contribution in [3.05, 3.63) is 30.1 Å². The van der Waals surface area contributed by atoms with Crippen molar-refractivity contribution < 1.29 is 4.79 Å². The summed E-state index contributed by atoms with van der Waals surface area (Å²) in [7, 11) is 0. The van der Waals surface area contributed by atoms with E-state index in [0.29, 0.717) is 18.8 Å². The lowest BCUT2D eigenvalue weighted by molar-refractivity contribution is 0.0950. The molecule has 68 valence electrons. The molecular formula is C9H11N3O. The van der Waals surface area contributed by atoms with Crippen molar-refractivity contribution in [1.29, 1.82) is 0 Å². The van der Waals surface area contributed by atoms with Gasteiger partial charge in [-0.05, 0) is 18.9 Å². The summed E-state index contributed by atoms with van der Waals surface area (Å²) in [5.74, 6) is -0.177. The first-order valence-electron chi connectivity index (χ1n) is 3.96. The second-order valence-electron chi connectivity index (χ2n) is 2.42. The van der Waals surface area contributed by atoms with E-state index in [-0.39, 0.29) is 5.91 Å². The van der Waals surface area contributed by atoms with Gasteiger partial charge in [-0.15, -0.1) is 0 Å². The van der Waals surface area contributed by atoms with Crippen LogP contribution in [0.5, 0.6) is 0 Å². The molecule has 1 heterocycles. The minimum atomic E-state index is -0.177. The summed E-state index contributed by atoms with van der Waals surface area (Å²) in [5.41, 5.74) is 0.423. The first kappa shape index (κ1) is 9.38. The van der Waals surface area contributed by atoms with Gasteiger partial charge >= 0.3 is 0 Å². The number of pyridine rings is 1. The molecule has 13 heavy (non-hydrogen) atoms. The van der Waals surface area contributed by atoms with Crippen LogP contribution in [-0.2, 0) is 0 Å². The maximum atomic E-state index is 11.3. The number of hydrogen-bond acceptors (Lipinski definition) is 3. The van der Waals surface area contributed by atoms with E-state index < -0.39 is 0 Å². The average molecular weight is 177 g/mol. The maximum Gasteiger partial charge on any atom is 0.269 e. The molecule has 0 aromatic carbocycles. The maximum absolute atomic E-state index is 11.3. The lowest BCUT2D eigenvalue weighted by Crippen LogP contribution is -2.26. The molecule has 0 atom stereocenters. The number of rotatable bonds is 4. The summed E-state index contributed by atoms with van der Waals surface area (Å²) in [5, 5.41) is 2.66. The predicted molar refractivity (Wildman–Crippen MR) is 51.0 cm³/mol. The average Bonchev–Trinajstić information content (AvgIpc) is 2.19. The van der Waals surface area contributed by atoms with Crippen LogP contribution in [0.15, 0.2) is 29.4 Å². The summed E-state index contributed by atoms with van der Waals surface area (Å²) in [6.07, 6.45) is 1.58. The highest BCUT2D eigenvalue weighted by molar-refractivity contribution is 5.92. The van der Waals surface area contributed by atoms with Crippen molar-refractivity contribution in [3.8, 4) is 0 Å². The third-order valence-corrected chi connectivity index (χ3v) is 1.45. The Labute approximate surface area is 76.7 Å². The summed E-state index contributed by atoms with van der Waals surface area (Å²) < 4.78 is 0. The lowest BCUT2D eigenvalue weighted by Gasteiger charge is -2.00. The molecule has 1 N–H and O–H groups in total. The van der Waals surface area contributed by atoms with Crippen LogP contribution in [0, 0.1) is 0 Å². The number of aliphatic imine (C=N–C) groups is 1. The van der Waals surface area contributed by atoms with E-state index in [0.717, 1.165) is 0 Å². The monoisotopic (exact) mass is 177 g/mol. The highest BCUT2D eigenvalue weighted by Gasteiger charge is 2.03. The Balaban J connectivity index is 2.45. The Morgan fingerprint density at radius 1 is 1.62 bits per heavy atom. The standard InChI is InChI=1S/C9H11N3O/c1-10-6-7-12-9(13)8-4-2-3-5-11-8/h2-5H,1,6-7H2,(H,12,13). The first-order chi connectivity index (χ1) is 6.34. The van der Waals surface area contributed by atoms with E-state index in [2.05, 4.69) is 22.0 Å². The quantitative estimate of drug-likeness (QED) is 0.538. The van der Waals surface area contributed by atoms with Crippen LogP contribution in [0.4, 0.5) is 0 Å². The Morgan fingerprint density at radius 3 is 3.08 bits per heavy atom. The van der Waals surface area contributed by atoms with Crippen LogP contribution in [0.25, 0.3) is 0 Å². The topological polar surface area (TPSA) is 54.4 Å². The van der Waals surface area contributed by atoms with Gasteiger partial charge in [0.1, 0.15) is 5.69 Å². The van der Waals surface area contributed by atoms with E-state index in [9.17, 15) is 4.79 Å². The van der Waals surface area contributed by atoms with Gasteiger partial charge < -0.3 is 5.32 Å². The number of aromatic nitrogens is 1. The summed E-state index contributed by atoms with van der Waals surface area (Å²) in [6, 6.07) is 5.20. The molecule has 0 bridgehead atoms. The van der Waals surface area contributed by atoms with Gasteiger partial charge in [-0.1, -0.05) is 6.07 Å². The van der Waals surface area contributed by atoms with Crippen molar-refractivity contribution in [2.45, 2.75) is 0 Å². The Morgan fingerprint density at radius 2 is 2.46 bits per heavy atom. The third-order valence-electron chi connectivity index (χ3n) is 1.45. The van der Waals surface area contributed by atoms with Crippen LogP contribution in [0.2, 0.25) is 0 Å². The predicted octanol–water partition coefficient (Wildman–Crippen LogP) is 0.512. The van der Waals surface area contributed by atoms with Crippen molar-refractivity contribution in [3.63, 3.8) is 0 Å². The summed E-state index contributed by atoms with van der Waals surface area (Å²) >= 11 is 0. The van der Waals surface area contributed by atoms with Gasteiger partial charge in [0, 0.05) is 12.7 Å². The number of carbonyl (C=O) groups is 1. The number of carbonyl (C=O) groups excluding carboxylic acids is 1. The van der Waals surface area contributed by atoms with Crippen molar-refractivity contribution in [2.24, 2.45) is 4.99 Å². The molecule has 0 unspecified atom stereocenters. The van der Waals surface area contributed by atoms with Crippen molar-refractivity contribution >= 4 is 12.6 Å². The number of amides is 1. The Hall–Kier alpha value is -1.71. The molecule has 0 saturated heterocycles. The second kappa shape index (κ2) is 5.03. The SMILES string of the molecule is C=NCCNC(=O)c1ccccn1. The summed E-state index contributed by atoms with van der Waals surface area (Å²) in [4.78, 5) is 18.8. The number of nitrogens with zero attached hydrogens (tertiary/aromatic N) is 2. The zero-order valence-corrected chi connectivity index (χ0v) is 7.23. The largest absolute Gasteiger partial charge is 0.349 e. The van der Waals surface area contributed by atoms with Gasteiger partial charge in [0.15, 0.2) is 0 Å². The lowest BCUT2D eigenvalue weighted by atomic mass is 10.3. The molecule has 0 aliphatic heterocycles. The van der Waals surface area contributed by atoms with E-state index in [1.165, 1.54) is 0 Å². The van der Waals surface area contributed by atoms with Crippen LogP contribution >= 0.6 is 0 Å². The van der Waals surface area contributed by atoms with Crippen LogP contribution in [0.1, 0.15) is 10.5 Å². The number of nitrogens with one attached hydrogen (secondary N) is 1. The molecule has 1 rings (SSSR count). The highest BCUT2D eigenvalue weighted by atomic mass is 16.1. The van der Waals surface area contributed by atoms with E-state index in [4.69, 9.17) is 0 Å². The fourth-order valence-electron chi connectivity index (χ4n) is 0.836. The van der Waals surface area contributed by atoms with Crippen molar-refractivity contribution in [2.75, 3.05) is 13.1 Å². The molecule has 0 aliphatic rings. The fourth-order valence-corrected chi connectivity index (χ4v) is 0.836. The van der Waals surface area contributed by atoms with Gasteiger partial charge in [0.05, 0.1) is 6.54 Å². The highest BCUT2D eigenvalue weighted by Crippen LogP contribution is 1.91. The molecule has 0 radical (unpaired) electrons. The minimum Gasteiger partial charge on any atom is -0.349 e. The van der Waals surface area contributed by atoms with Crippen LogP contribution in [-0.4, -0.2) is 30.7 Å². The molecule has 4 nitrogen and oxygen atoms in total. The molecular weight excluding hydrogens is 166 g/mol. The Kier molecular flexibility index (Phi) is 3.63. The molecule has 1 aromatic rings. The van der Waals surface area contributed by atoms with Gasteiger partial charge in [0.25, 0.3) is 5.91 Å². The smallest absolute Gasteiger partial charge is 0.269 e.